The van der Waals surface area contributed by atoms with E-state index in [0.717, 1.165) is 6.08 Å². The van der Waals surface area contributed by atoms with E-state index >= 15 is 0 Å². The molecule has 0 N–H and O–H groups in total. The van der Waals surface area contributed by atoms with Gasteiger partial charge in [-0.05, 0) is 13.0 Å². The molecule has 0 aliphatic rings. The van der Waals surface area contributed by atoms with E-state index in [1.165, 1.54) is 18.6 Å². The highest BCUT2D eigenvalue weighted by atomic mass is 16.6. The molecule has 1 rings (SSSR count). The first-order chi connectivity index (χ1) is 7.15. The quantitative estimate of drug-likeness (QED) is 0.326. The highest BCUT2D eigenvalue weighted by molar-refractivity contribution is 5.90. The van der Waals surface area contributed by atoms with Crippen LogP contribution in [0.4, 0.5) is 0 Å². The van der Waals surface area contributed by atoms with Gasteiger partial charge in [0.2, 0.25) is 0 Å². The lowest BCUT2D eigenvalue weighted by Crippen LogP contribution is -2.14. The van der Waals surface area contributed by atoms with Crippen LogP contribution in [0, 0.1) is 10.1 Å². The topological polar surface area (TPSA) is 82.6 Å². The Morgan fingerprint density at radius 3 is 2.93 bits per heavy atom. The number of rotatable bonds is 4. The van der Waals surface area contributed by atoms with Crippen molar-refractivity contribution in [2.45, 2.75) is 6.92 Å². The van der Waals surface area contributed by atoms with Crippen molar-refractivity contribution in [3.05, 3.63) is 40.0 Å². The lowest BCUT2D eigenvalue weighted by Gasteiger charge is -1.97. The lowest BCUT2D eigenvalue weighted by atomic mass is 10.3. The fourth-order valence-electron chi connectivity index (χ4n) is 0.906. The molecule has 80 valence electrons. The first kappa shape index (κ1) is 11.0. The van der Waals surface area contributed by atoms with Crippen molar-refractivity contribution in [3.8, 4) is 0 Å². The summed E-state index contributed by atoms with van der Waals surface area (Å²) in [5, 5.41) is 10.5. The van der Waals surface area contributed by atoms with Crippen LogP contribution in [0.3, 0.4) is 0 Å². The van der Waals surface area contributed by atoms with Crippen molar-refractivity contribution < 1.29 is 18.9 Å². The largest absolute Gasteiger partial charge is 0.472 e. The van der Waals surface area contributed by atoms with Crippen molar-refractivity contribution in [3.63, 3.8) is 0 Å². The SMILES string of the molecule is CCOC(=O)/C(=C\c1ccoc1)[N+](=O)[O-]. The monoisotopic (exact) mass is 211 g/mol. The summed E-state index contributed by atoms with van der Waals surface area (Å²) in [6, 6.07) is 1.50. The minimum atomic E-state index is -0.955. The van der Waals surface area contributed by atoms with E-state index in [-0.39, 0.29) is 6.61 Å². The Bertz CT molecular complexity index is 379. The molecule has 0 radical (unpaired) electrons. The zero-order valence-corrected chi connectivity index (χ0v) is 8.00. The summed E-state index contributed by atoms with van der Waals surface area (Å²) in [7, 11) is 0. The van der Waals surface area contributed by atoms with Gasteiger partial charge in [0.05, 0.1) is 24.1 Å². The van der Waals surface area contributed by atoms with Crippen LogP contribution < -0.4 is 0 Å². The second kappa shape index (κ2) is 4.94. The van der Waals surface area contributed by atoms with Gasteiger partial charge in [0, 0.05) is 11.6 Å². The second-order valence-corrected chi connectivity index (χ2v) is 2.56. The second-order valence-electron chi connectivity index (χ2n) is 2.56. The maximum absolute atomic E-state index is 11.1. The maximum atomic E-state index is 11.1. The van der Waals surface area contributed by atoms with E-state index in [2.05, 4.69) is 4.74 Å². The molecule has 0 bridgehead atoms. The van der Waals surface area contributed by atoms with Crippen LogP contribution in [0.25, 0.3) is 6.08 Å². The molecule has 0 saturated heterocycles. The molecule has 0 spiro atoms. The van der Waals surface area contributed by atoms with Crippen LogP contribution in [0.5, 0.6) is 0 Å². The summed E-state index contributed by atoms with van der Waals surface area (Å²) >= 11 is 0. The standard InChI is InChI=1S/C9H9NO5/c1-2-15-9(11)8(10(12)13)5-7-3-4-14-6-7/h3-6H,2H2,1H3/b8-5+. The Labute approximate surface area is 85.3 Å². The molecule has 0 aromatic carbocycles. The van der Waals surface area contributed by atoms with Crippen LogP contribution in [0.15, 0.2) is 28.7 Å². The molecule has 0 aliphatic heterocycles. The van der Waals surface area contributed by atoms with Crippen molar-refractivity contribution >= 4 is 12.0 Å². The van der Waals surface area contributed by atoms with Gasteiger partial charge in [-0.3, -0.25) is 10.1 Å². The van der Waals surface area contributed by atoms with Gasteiger partial charge in [-0.25, -0.2) is 4.79 Å². The first-order valence-corrected chi connectivity index (χ1v) is 4.20. The number of ether oxygens (including phenoxy) is 1. The molecule has 15 heavy (non-hydrogen) atoms. The van der Waals surface area contributed by atoms with Gasteiger partial charge in [0.15, 0.2) is 0 Å². The smallest absolute Gasteiger partial charge is 0.409 e. The Balaban J connectivity index is 2.92. The molecular formula is C9H9NO5. The number of hydrogen-bond acceptors (Lipinski definition) is 5. The first-order valence-electron chi connectivity index (χ1n) is 4.20. The van der Waals surface area contributed by atoms with E-state index in [1.807, 2.05) is 0 Å². The molecule has 1 heterocycles. The molecule has 6 heteroatoms. The van der Waals surface area contributed by atoms with Gasteiger partial charge in [0.1, 0.15) is 0 Å². The number of furan rings is 1. The van der Waals surface area contributed by atoms with Crippen LogP contribution in [0.2, 0.25) is 0 Å². The van der Waals surface area contributed by atoms with E-state index < -0.39 is 16.6 Å². The van der Waals surface area contributed by atoms with E-state index in [9.17, 15) is 14.9 Å². The zero-order valence-electron chi connectivity index (χ0n) is 8.00. The van der Waals surface area contributed by atoms with Crippen LogP contribution >= 0.6 is 0 Å². The summed E-state index contributed by atoms with van der Waals surface area (Å²) in [6.07, 6.45) is 3.75. The van der Waals surface area contributed by atoms with Crippen LogP contribution in [-0.2, 0) is 9.53 Å². The summed E-state index contributed by atoms with van der Waals surface area (Å²) in [6.45, 7) is 1.67. The Kier molecular flexibility index (Phi) is 3.61. The fourth-order valence-corrected chi connectivity index (χ4v) is 0.906. The minimum Gasteiger partial charge on any atom is -0.472 e. The highest BCUT2D eigenvalue weighted by Gasteiger charge is 2.23. The molecule has 1 aromatic rings. The summed E-state index contributed by atoms with van der Waals surface area (Å²) in [5.41, 5.74) is -0.173. The average Bonchev–Trinajstić information content (AvgIpc) is 2.66. The fraction of sp³-hybridized carbons (Fsp3) is 0.222. The lowest BCUT2D eigenvalue weighted by molar-refractivity contribution is -0.419. The van der Waals surface area contributed by atoms with Crippen LogP contribution in [-0.4, -0.2) is 17.5 Å². The van der Waals surface area contributed by atoms with Gasteiger partial charge in [0.25, 0.3) is 0 Å². The molecule has 0 saturated carbocycles. The third-order valence-corrected chi connectivity index (χ3v) is 1.53. The van der Waals surface area contributed by atoms with E-state index in [4.69, 9.17) is 4.42 Å². The van der Waals surface area contributed by atoms with Gasteiger partial charge in [-0.2, -0.15) is 0 Å². The van der Waals surface area contributed by atoms with E-state index in [0.29, 0.717) is 5.56 Å². The number of esters is 1. The van der Waals surface area contributed by atoms with E-state index in [1.54, 1.807) is 6.92 Å². The zero-order chi connectivity index (χ0) is 11.3. The number of carbonyl (C=O) groups is 1. The summed E-state index contributed by atoms with van der Waals surface area (Å²) in [5.74, 6) is -0.955. The number of nitrogens with zero attached hydrogens (tertiary/aromatic N) is 1. The minimum absolute atomic E-state index is 0.0927. The number of nitro groups is 1. The van der Waals surface area contributed by atoms with Crippen LogP contribution in [0.1, 0.15) is 12.5 Å². The van der Waals surface area contributed by atoms with Crippen molar-refractivity contribution in [1.29, 1.82) is 0 Å². The van der Waals surface area contributed by atoms with Gasteiger partial charge in [-0.1, -0.05) is 0 Å². The van der Waals surface area contributed by atoms with Crippen molar-refractivity contribution in [2.24, 2.45) is 0 Å². The van der Waals surface area contributed by atoms with Gasteiger partial charge < -0.3 is 9.15 Å². The predicted octanol–water partition coefficient (Wildman–Crippen LogP) is 1.46. The number of hydrogen-bond donors (Lipinski definition) is 0. The Hall–Kier alpha value is -2.11. The molecule has 0 aliphatic carbocycles. The molecule has 0 atom stereocenters. The molecular weight excluding hydrogens is 202 g/mol. The molecule has 1 aromatic heterocycles. The molecule has 0 fully saturated rings. The van der Waals surface area contributed by atoms with Crippen molar-refractivity contribution in [2.75, 3.05) is 6.61 Å². The molecule has 6 nitrogen and oxygen atoms in total. The Morgan fingerprint density at radius 2 is 2.47 bits per heavy atom. The predicted molar refractivity (Wildman–Crippen MR) is 50.3 cm³/mol. The third-order valence-electron chi connectivity index (χ3n) is 1.53. The third kappa shape index (κ3) is 2.94. The molecule has 0 amide bonds. The summed E-state index contributed by atoms with van der Waals surface area (Å²) < 4.78 is 9.25. The Morgan fingerprint density at radius 1 is 1.73 bits per heavy atom. The maximum Gasteiger partial charge on any atom is 0.409 e. The highest BCUT2D eigenvalue weighted by Crippen LogP contribution is 2.09. The van der Waals surface area contributed by atoms with Gasteiger partial charge >= 0.3 is 11.7 Å². The van der Waals surface area contributed by atoms with Gasteiger partial charge in [-0.15, -0.1) is 0 Å². The molecule has 0 unspecified atom stereocenters. The van der Waals surface area contributed by atoms with Crippen molar-refractivity contribution in [1.82, 2.24) is 0 Å². The average molecular weight is 211 g/mol. The number of carbonyl (C=O) groups excluding carboxylic acids is 1. The summed E-state index contributed by atoms with van der Waals surface area (Å²) in [4.78, 5) is 20.9. The normalized spacial score (nSPS) is 11.1.